The smallest absolute Gasteiger partial charge is 0.352 e. The van der Waals surface area contributed by atoms with Crippen LogP contribution in [0.2, 0.25) is 5.02 Å². The summed E-state index contributed by atoms with van der Waals surface area (Å²) >= 11 is 5.81. The van der Waals surface area contributed by atoms with Crippen LogP contribution >= 0.6 is 11.6 Å². The number of anilines is 1. The highest BCUT2D eigenvalue weighted by Gasteiger charge is 2.54. The average molecular weight is 364 g/mol. The summed E-state index contributed by atoms with van der Waals surface area (Å²) in [6, 6.07) is 8.94. The van der Waals surface area contributed by atoms with Crippen LogP contribution in [0.1, 0.15) is 35.5 Å². The monoisotopic (exact) mass is 363 g/mol. The molecule has 8 heteroatoms. The molecule has 1 aliphatic heterocycles. The van der Waals surface area contributed by atoms with Gasteiger partial charge in [0.2, 0.25) is 0 Å². The van der Waals surface area contributed by atoms with Crippen LogP contribution in [-0.4, -0.2) is 16.0 Å². The first kappa shape index (κ1) is 17.3. The summed E-state index contributed by atoms with van der Waals surface area (Å²) in [5.74, 6) is -5.14. The van der Waals surface area contributed by atoms with Gasteiger partial charge in [0.25, 0.3) is 0 Å². The molecular weight excluding hydrogens is 352 g/mol. The van der Waals surface area contributed by atoms with Crippen molar-refractivity contribution < 1.29 is 18.7 Å². The van der Waals surface area contributed by atoms with Gasteiger partial charge in [-0.2, -0.15) is 14.0 Å². The van der Waals surface area contributed by atoms with E-state index in [4.69, 9.17) is 16.9 Å². The molecule has 1 aromatic heterocycles. The van der Waals surface area contributed by atoms with Gasteiger partial charge in [-0.15, -0.1) is 0 Å². The van der Waals surface area contributed by atoms with E-state index in [1.54, 1.807) is 6.07 Å². The number of alkyl halides is 2. The minimum Gasteiger partial charge on any atom is -0.389 e. The molecule has 0 saturated heterocycles. The van der Waals surface area contributed by atoms with Crippen LogP contribution in [0.5, 0.6) is 0 Å². The lowest BCUT2D eigenvalue weighted by molar-refractivity contribution is -0.141. The first-order valence-electron chi connectivity index (χ1n) is 7.34. The van der Waals surface area contributed by atoms with Crippen molar-refractivity contribution in [3.05, 3.63) is 57.9 Å². The SMILES string of the molecule is C[C@H](O)c1cccc2c1C(F)(F)C(=O)N2Cc1ccc(Cl)c(C#N)n1. The zero-order chi connectivity index (χ0) is 18.4. The molecule has 0 fully saturated rings. The molecule has 0 saturated carbocycles. The topological polar surface area (TPSA) is 77.2 Å². The summed E-state index contributed by atoms with van der Waals surface area (Å²) < 4.78 is 29.0. The summed E-state index contributed by atoms with van der Waals surface area (Å²) in [5.41, 5.74) is -0.274. The van der Waals surface area contributed by atoms with Crippen LogP contribution < -0.4 is 4.90 Å². The maximum atomic E-state index is 14.5. The zero-order valence-electron chi connectivity index (χ0n) is 13.0. The van der Waals surface area contributed by atoms with Gasteiger partial charge < -0.3 is 10.0 Å². The van der Waals surface area contributed by atoms with Crippen LogP contribution in [0.25, 0.3) is 0 Å². The van der Waals surface area contributed by atoms with Gasteiger partial charge in [-0.3, -0.25) is 4.79 Å². The van der Waals surface area contributed by atoms with Gasteiger partial charge in [-0.1, -0.05) is 23.7 Å². The molecule has 1 aromatic carbocycles. The second-order valence-corrected chi connectivity index (χ2v) is 6.04. The Balaban J connectivity index is 2.07. The third kappa shape index (κ3) is 2.73. The molecule has 0 radical (unpaired) electrons. The summed E-state index contributed by atoms with van der Waals surface area (Å²) in [7, 11) is 0. The Hall–Kier alpha value is -2.56. The largest absolute Gasteiger partial charge is 0.389 e. The van der Waals surface area contributed by atoms with Gasteiger partial charge in [0.05, 0.1) is 34.6 Å². The van der Waals surface area contributed by atoms with Crippen LogP contribution in [-0.2, 0) is 17.3 Å². The van der Waals surface area contributed by atoms with E-state index in [0.29, 0.717) is 0 Å². The van der Waals surface area contributed by atoms with Gasteiger partial charge in [0.15, 0.2) is 5.69 Å². The molecule has 0 spiro atoms. The predicted octanol–water partition coefficient (Wildman–Crippen LogP) is 3.30. The number of pyridine rings is 1. The van der Waals surface area contributed by atoms with Crippen LogP contribution in [0.4, 0.5) is 14.5 Å². The summed E-state index contributed by atoms with van der Waals surface area (Å²) in [5, 5.41) is 18.9. The Kier molecular flexibility index (Phi) is 4.19. The van der Waals surface area contributed by atoms with Crippen molar-refractivity contribution in [3.63, 3.8) is 0 Å². The van der Waals surface area contributed by atoms with Crippen molar-refractivity contribution in [1.29, 1.82) is 5.26 Å². The van der Waals surface area contributed by atoms with Gasteiger partial charge in [-0.25, -0.2) is 4.98 Å². The number of aliphatic hydroxyl groups is 1. The summed E-state index contributed by atoms with van der Waals surface area (Å²) in [6.45, 7) is 1.12. The lowest BCUT2D eigenvalue weighted by Gasteiger charge is -2.17. The fourth-order valence-corrected chi connectivity index (χ4v) is 2.97. The van der Waals surface area contributed by atoms with E-state index in [1.807, 2.05) is 0 Å². The van der Waals surface area contributed by atoms with Crippen molar-refractivity contribution in [2.24, 2.45) is 0 Å². The fraction of sp³-hybridized carbons (Fsp3) is 0.235. The zero-order valence-corrected chi connectivity index (χ0v) is 13.8. The second kappa shape index (κ2) is 6.06. The van der Waals surface area contributed by atoms with E-state index in [0.717, 1.165) is 4.90 Å². The number of carbonyl (C=O) groups is 1. The minimum atomic E-state index is -3.74. The van der Waals surface area contributed by atoms with E-state index in [2.05, 4.69) is 4.98 Å². The molecule has 2 aromatic rings. The van der Waals surface area contributed by atoms with Crippen molar-refractivity contribution >= 4 is 23.2 Å². The maximum Gasteiger partial charge on any atom is 0.352 e. The highest BCUT2D eigenvalue weighted by molar-refractivity contribution is 6.31. The van der Waals surface area contributed by atoms with E-state index < -0.39 is 23.5 Å². The third-order valence-corrected chi connectivity index (χ3v) is 4.28. The molecule has 5 nitrogen and oxygen atoms in total. The van der Waals surface area contributed by atoms with Crippen molar-refractivity contribution in [1.82, 2.24) is 4.98 Å². The molecule has 25 heavy (non-hydrogen) atoms. The van der Waals surface area contributed by atoms with Crippen molar-refractivity contribution in [2.75, 3.05) is 4.90 Å². The number of nitrogens with zero attached hydrogens (tertiary/aromatic N) is 3. The number of rotatable bonds is 3. The second-order valence-electron chi connectivity index (χ2n) is 5.63. The number of halogens is 3. The first-order valence-corrected chi connectivity index (χ1v) is 7.72. The highest BCUT2D eigenvalue weighted by Crippen LogP contribution is 2.47. The average Bonchev–Trinajstić information content (AvgIpc) is 2.77. The van der Waals surface area contributed by atoms with Crippen molar-refractivity contribution in [3.8, 4) is 6.07 Å². The van der Waals surface area contributed by atoms with E-state index in [-0.39, 0.29) is 34.2 Å². The summed E-state index contributed by atoms with van der Waals surface area (Å²) in [6.07, 6.45) is -1.15. The number of aromatic nitrogens is 1. The van der Waals surface area contributed by atoms with E-state index in [1.165, 1.54) is 37.3 Å². The molecule has 128 valence electrons. The van der Waals surface area contributed by atoms with Gasteiger partial charge >= 0.3 is 11.8 Å². The van der Waals surface area contributed by atoms with Gasteiger partial charge in [0, 0.05) is 0 Å². The van der Waals surface area contributed by atoms with Gasteiger partial charge in [0.1, 0.15) is 6.07 Å². The quantitative estimate of drug-likeness (QED) is 0.907. The molecule has 0 bridgehead atoms. The molecule has 3 rings (SSSR count). The molecule has 1 amide bonds. The fourth-order valence-electron chi connectivity index (χ4n) is 2.83. The molecule has 0 unspecified atom stereocenters. The number of hydrogen-bond acceptors (Lipinski definition) is 4. The number of amides is 1. The first-order chi connectivity index (χ1) is 11.8. The third-order valence-electron chi connectivity index (χ3n) is 3.97. The number of nitriles is 1. The number of carbonyl (C=O) groups excluding carboxylic acids is 1. The molecular formula is C17H12ClF2N3O2. The van der Waals surface area contributed by atoms with Crippen LogP contribution in [0.3, 0.4) is 0 Å². The molecule has 1 N–H and O–H groups in total. The Morgan fingerprint density at radius 1 is 1.40 bits per heavy atom. The van der Waals surface area contributed by atoms with E-state index >= 15 is 0 Å². The lowest BCUT2D eigenvalue weighted by atomic mass is 9.98. The molecule has 0 aliphatic carbocycles. The standard InChI is InChI=1S/C17H12ClF2N3O2/c1-9(24)11-3-2-4-14-15(11)17(19,20)16(25)23(14)8-10-5-6-12(18)13(7-21)22-10/h2-6,9,24H,8H2,1H3/t9-/m0/s1. The normalized spacial score (nSPS) is 16.5. The molecule has 1 atom stereocenters. The van der Waals surface area contributed by atoms with E-state index in [9.17, 15) is 18.7 Å². The lowest BCUT2D eigenvalue weighted by Crippen LogP contribution is -2.34. The number of fused-ring (bicyclic) bond motifs is 1. The maximum absolute atomic E-state index is 14.5. The highest BCUT2D eigenvalue weighted by atomic mass is 35.5. The Labute approximate surface area is 147 Å². The Morgan fingerprint density at radius 3 is 2.76 bits per heavy atom. The number of hydrogen-bond donors (Lipinski definition) is 1. The van der Waals surface area contributed by atoms with Crippen molar-refractivity contribution in [2.45, 2.75) is 25.5 Å². The predicted molar refractivity (Wildman–Crippen MR) is 86.1 cm³/mol. The molecule has 2 heterocycles. The Morgan fingerprint density at radius 2 is 2.12 bits per heavy atom. The van der Waals surface area contributed by atoms with Crippen LogP contribution in [0, 0.1) is 11.3 Å². The number of aliphatic hydroxyl groups excluding tert-OH is 1. The summed E-state index contributed by atoms with van der Waals surface area (Å²) in [4.78, 5) is 17.1. The Bertz CT molecular complexity index is 909. The number of benzene rings is 1. The van der Waals surface area contributed by atoms with Crippen LogP contribution in [0.15, 0.2) is 30.3 Å². The minimum absolute atomic E-state index is 0.000120. The molecule has 1 aliphatic rings. The van der Waals surface area contributed by atoms with Gasteiger partial charge in [-0.05, 0) is 30.7 Å².